The predicted octanol–water partition coefficient (Wildman–Crippen LogP) is 13.1. The molecule has 4 atom stereocenters. The van der Waals surface area contributed by atoms with Crippen LogP contribution in [0.25, 0.3) is 0 Å². The van der Waals surface area contributed by atoms with Gasteiger partial charge >= 0.3 is 0 Å². The number of aliphatic hydroxyl groups excluding tert-OH is 1. The molecule has 0 spiro atoms. The van der Waals surface area contributed by atoms with Crippen molar-refractivity contribution in [3.05, 3.63) is 12.2 Å². The summed E-state index contributed by atoms with van der Waals surface area (Å²) in [4.78, 5) is 25.3. The van der Waals surface area contributed by atoms with Crippen LogP contribution in [0.1, 0.15) is 233 Å². The predicted molar refractivity (Wildman–Crippen MR) is 242 cm³/mol. The van der Waals surface area contributed by atoms with Crippen molar-refractivity contribution in [3.63, 3.8) is 0 Å². The van der Waals surface area contributed by atoms with E-state index in [2.05, 4.69) is 26.1 Å². The molecule has 0 aliphatic carbocycles. The smallest absolute Gasteiger partial charge is 0.268 e. The Kier molecular flexibility index (Phi) is 38.9. The molecule has 1 amide bonds. The van der Waals surface area contributed by atoms with E-state index in [1.807, 2.05) is 27.2 Å². The van der Waals surface area contributed by atoms with Crippen LogP contribution < -0.4 is 10.2 Å². The number of nitrogens with one attached hydrogen (secondary N) is 1. The van der Waals surface area contributed by atoms with Crippen LogP contribution in [0.3, 0.4) is 0 Å². The zero-order chi connectivity index (χ0) is 42.3. The van der Waals surface area contributed by atoms with E-state index < -0.39 is 20.0 Å². The Labute approximate surface area is 354 Å². The van der Waals surface area contributed by atoms with E-state index in [-0.39, 0.29) is 19.1 Å². The van der Waals surface area contributed by atoms with E-state index in [4.69, 9.17) is 9.05 Å². The molecule has 57 heavy (non-hydrogen) atoms. The zero-order valence-electron chi connectivity index (χ0n) is 38.7. The number of phosphoric ester groups is 1. The molecular weight excluding hydrogens is 732 g/mol. The highest BCUT2D eigenvalue weighted by molar-refractivity contribution is 7.45. The van der Waals surface area contributed by atoms with Crippen molar-refractivity contribution in [2.24, 2.45) is 5.92 Å². The highest BCUT2D eigenvalue weighted by Crippen LogP contribution is 2.38. The third-order valence-electron chi connectivity index (χ3n) is 11.5. The van der Waals surface area contributed by atoms with Crippen molar-refractivity contribution in [1.29, 1.82) is 0 Å². The molecule has 340 valence electrons. The number of likely N-dealkylation sites (N-methyl/N-ethyl adjacent to an activating group) is 1. The number of hydrogen-bond donors (Lipinski definition) is 2. The number of quaternary nitrogens is 1. The third-order valence-corrected chi connectivity index (χ3v) is 12.5. The molecule has 2 unspecified atom stereocenters. The van der Waals surface area contributed by atoms with E-state index in [1.54, 1.807) is 6.08 Å². The highest BCUT2D eigenvalue weighted by Gasteiger charge is 2.23. The molecule has 9 heteroatoms. The minimum Gasteiger partial charge on any atom is -0.756 e. The average molecular weight is 829 g/mol. The van der Waals surface area contributed by atoms with E-state index in [0.717, 1.165) is 44.4 Å². The van der Waals surface area contributed by atoms with Crippen molar-refractivity contribution < 1.29 is 32.9 Å². The number of phosphoric acid groups is 1. The summed E-state index contributed by atoms with van der Waals surface area (Å²) < 4.78 is 23.2. The number of carbonyl (C=O) groups excluding carboxylic acids is 1. The van der Waals surface area contributed by atoms with Gasteiger partial charge < -0.3 is 28.8 Å². The van der Waals surface area contributed by atoms with E-state index in [9.17, 15) is 19.4 Å². The van der Waals surface area contributed by atoms with Crippen LogP contribution in [0.4, 0.5) is 0 Å². The zero-order valence-corrected chi connectivity index (χ0v) is 39.6. The summed E-state index contributed by atoms with van der Waals surface area (Å²) in [6.45, 7) is 7.00. The number of hydrogen-bond acceptors (Lipinski definition) is 6. The Hall–Kier alpha value is -0.760. The molecule has 0 aromatic rings. The molecule has 0 aliphatic heterocycles. The summed E-state index contributed by atoms with van der Waals surface area (Å²) in [5.74, 6) is 0.629. The summed E-state index contributed by atoms with van der Waals surface area (Å²) in [6.07, 6.45) is 44.1. The van der Waals surface area contributed by atoms with Crippen molar-refractivity contribution in [1.82, 2.24) is 5.32 Å². The highest BCUT2D eigenvalue weighted by atomic mass is 31.2. The lowest BCUT2D eigenvalue weighted by Gasteiger charge is -2.29. The van der Waals surface area contributed by atoms with Gasteiger partial charge in [0.1, 0.15) is 13.2 Å². The Balaban J connectivity index is 4.21. The van der Waals surface area contributed by atoms with Gasteiger partial charge in [-0.25, -0.2) is 0 Å². The molecule has 0 heterocycles. The number of rotatable bonds is 44. The molecule has 0 radical (unpaired) electrons. The van der Waals surface area contributed by atoms with E-state index in [0.29, 0.717) is 17.4 Å². The average Bonchev–Trinajstić information content (AvgIpc) is 3.16. The summed E-state index contributed by atoms with van der Waals surface area (Å²) in [5.41, 5.74) is 0. The van der Waals surface area contributed by atoms with Gasteiger partial charge in [-0.1, -0.05) is 219 Å². The quantitative estimate of drug-likeness (QED) is 0.0274. The van der Waals surface area contributed by atoms with Gasteiger partial charge in [-0.15, -0.1) is 0 Å². The first-order valence-electron chi connectivity index (χ1n) is 24.4. The second kappa shape index (κ2) is 39.4. The fourth-order valence-corrected chi connectivity index (χ4v) is 7.97. The van der Waals surface area contributed by atoms with Gasteiger partial charge in [-0.05, 0) is 25.2 Å². The molecule has 0 rings (SSSR count). The number of amides is 1. The van der Waals surface area contributed by atoms with Gasteiger partial charge in [-0.3, -0.25) is 9.36 Å². The maximum absolute atomic E-state index is 12.9. The molecule has 0 aliphatic rings. The van der Waals surface area contributed by atoms with Gasteiger partial charge in [0, 0.05) is 6.42 Å². The maximum Gasteiger partial charge on any atom is 0.268 e. The second-order valence-electron chi connectivity index (χ2n) is 18.4. The molecule has 0 saturated heterocycles. The summed E-state index contributed by atoms with van der Waals surface area (Å²) in [6, 6.07) is -0.881. The molecule has 0 saturated carbocycles. The molecule has 2 N–H and O–H groups in total. The first-order valence-corrected chi connectivity index (χ1v) is 25.9. The fourth-order valence-electron chi connectivity index (χ4n) is 7.25. The van der Waals surface area contributed by atoms with Gasteiger partial charge in [0.2, 0.25) is 5.91 Å². The van der Waals surface area contributed by atoms with Crippen molar-refractivity contribution in [2.45, 2.75) is 245 Å². The first kappa shape index (κ1) is 56.2. The number of carbonyl (C=O) groups is 1. The minimum absolute atomic E-state index is 0.00115. The van der Waals surface area contributed by atoms with Crippen molar-refractivity contribution in [2.75, 3.05) is 40.9 Å². The van der Waals surface area contributed by atoms with Gasteiger partial charge in [0.05, 0.1) is 39.9 Å². The lowest BCUT2D eigenvalue weighted by Crippen LogP contribution is -2.45. The second-order valence-corrected chi connectivity index (χ2v) is 19.8. The molecular formula is C48H97N2O6P. The van der Waals surface area contributed by atoms with Gasteiger partial charge in [-0.2, -0.15) is 0 Å². The van der Waals surface area contributed by atoms with Crippen LogP contribution in [-0.2, 0) is 18.4 Å². The number of allylic oxidation sites excluding steroid dienone is 1. The summed E-state index contributed by atoms with van der Waals surface area (Å²) in [7, 11) is 1.27. The molecule has 8 nitrogen and oxygen atoms in total. The van der Waals surface area contributed by atoms with Crippen LogP contribution in [-0.4, -0.2) is 68.5 Å². The van der Waals surface area contributed by atoms with Crippen molar-refractivity contribution in [3.8, 4) is 0 Å². The largest absolute Gasteiger partial charge is 0.756 e. The topological polar surface area (TPSA) is 108 Å². The van der Waals surface area contributed by atoms with Crippen LogP contribution in [0, 0.1) is 5.92 Å². The van der Waals surface area contributed by atoms with Crippen LogP contribution in [0.2, 0.25) is 0 Å². The first-order chi connectivity index (χ1) is 27.4. The van der Waals surface area contributed by atoms with E-state index in [1.165, 1.54) is 167 Å². The van der Waals surface area contributed by atoms with Crippen LogP contribution in [0.5, 0.6) is 0 Å². The molecule has 0 aromatic carbocycles. The molecule has 0 aromatic heterocycles. The maximum atomic E-state index is 12.9. The number of nitrogens with zero attached hydrogens (tertiary/aromatic N) is 1. The molecule has 0 fully saturated rings. The van der Waals surface area contributed by atoms with Crippen LogP contribution in [0.15, 0.2) is 12.2 Å². The Morgan fingerprint density at radius 1 is 0.667 bits per heavy atom. The van der Waals surface area contributed by atoms with Gasteiger partial charge in [0.25, 0.3) is 7.82 Å². The SMILES string of the molecule is CCCCCCCCCCCCCCCCCCCCCCCCCC(=O)N[C@@H](COP(=O)([O-])OCC[N+](C)(C)C)[C@H](O)/C=C/CCCCCCCCC(C)CC. The summed E-state index contributed by atoms with van der Waals surface area (Å²) in [5, 5.41) is 13.8. The van der Waals surface area contributed by atoms with Gasteiger partial charge in [0.15, 0.2) is 0 Å². The monoisotopic (exact) mass is 829 g/mol. The summed E-state index contributed by atoms with van der Waals surface area (Å²) >= 11 is 0. The minimum atomic E-state index is -4.58. The molecule has 0 bridgehead atoms. The lowest BCUT2D eigenvalue weighted by molar-refractivity contribution is -0.870. The third kappa shape index (κ3) is 41.8. The van der Waals surface area contributed by atoms with Crippen molar-refractivity contribution >= 4 is 13.7 Å². The fraction of sp³-hybridized carbons (Fsp3) is 0.938. The number of aliphatic hydroxyl groups is 1. The van der Waals surface area contributed by atoms with E-state index >= 15 is 0 Å². The number of unbranched alkanes of at least 4 members (excludes halogenated alkanes) is 28. The van der Waals surface area contributed by atoms with Crippen LogP contribution >= 0.6 is 7.82 Å². The Morgan fingerprint density at radius 2 is 1.09 bits per heavy atom. The standard InChI is InChI=1S/C48H97N2O6P/c1-7-9-10-11-12-13-14-15-16-17-18-19-20-21-22-23-24-25-26-27-32-35-38-41-48(52)49-46(44-56-57(53,54)55-43-42-50(4,5)6)47(51)40-37-34-31-29-28-30-33-36-39-45(3)8-2/h37,40,45-47,51H,7-36,38-39,41-44H2,1-6H3,(H-,49,52,53,54)/b40-37+/t45?,46-,47+/m0/s1. The Morgan fingerprint density at radius 3 is 1.53 bits per heavy atom. The Bertz CT molecular complexity index is 958. The normalized spacial score (nSPS) is 14.9. The lowest BCUT2D eigenvalue weighted by atomic mass is 10.00.